The first-order chi connectivity index (χ1) is 10.5. The molecule has 0 heterocycles. The lowest BCUT2D eigenvalue weighted by molar-refractivity contribution is 0.101. The molecular weight excluding hydrogens is 278 g/mol. The van der Waals surface area contributed by atoms with Crippen LogP contribution in [-0.4, -0.2) is 18.3 Å². The number of aryl methyl sites for hydroxylation is 1. The molecule has 2 aromatic carbocycles. The van der Waals surface area contributed by atoms with Crippen LogP contribution in [0.2, 0.25) is 0 Å². The first-order valence-electron chi connectivity index (χ1n) is 7.17. The zero-order valence-electron chi connectivity index (χ0n) is 13.0. The largest absolute Gasteiger partial charge is 0.494 e. The Morgan fingerprint density at radius 2 is 1.86 bits per heavy atom. The minimum atomic E-state index is -0.216. The number of benzene rings is 2. The Hall–Kier alpha value is -2.62. The minimum Gasteiger partial charge on any atom is -0.494 e. The molecule has 0 atom stereocenters. The highest BCUT2D eigenvalue weighted by Crippen LogP contribution is 2.20. The SMILES string of the molecule is CCOc1ccc(C(=O)Nc2cccc(C(C)=O)c2)cc1C. The molecule has 2 aromatic rings. The van der Waals surface area contributed by atoms with E-state index in [0.717, 1.165) is 11.3 Å². The number of hydrogen-bond acceptors (Lipinski definition) is 3. The second-order valence-corrected chi connectivity index (χ2v) is 5.00. The lowest BCUT2D eigenvalue weighted by Gasteiger charge is -2.10. The van der Waals surface area contributed by atoms with Gasteiger partial charge in [0, 0.05) is 16.8 Å². The van der Waals surface area contributed by atoms with Crippen molar-refractivity contribution in [3.05, 3.63) is 59.2 Å². The molecule has 0 aliphatic heterocycles. The molecular formula is C18H19NO3. The number of ketones is 1. The minimum absolute atomic E-state index is 0.0342. The van der Waals surface area contributed by atoms with Crippen molar-refractivity contribution in [2.75, 3.05) is 11.9 Å². The van der Waals surface area contributed by atoms with Gasteiger partial charge in [-0.15, -0.1) is 0 Å². The maximum Gasteiger partial charge on any atom is 0.255 e. The summed E-state index contributed by atoms with van der Waals surface area (Å²) in [6.45, 7) is 5.90. The molecule has 0 bridgehead atoms. The fourth-order valence-corrected chi connectivity index (χ4v) is 2.13. The maximum absolute atomic E-state index is 12.3. The molecule has 4 heteroatoms. The van der Waals surface area contributed by atoms with E-state index >= 15 is 0 Å². The summed E-state index contributed by atoms with van der Waals surface area (Å²) in [5.41, 5.74) is 2.63. The highest BCUT2D eigenvalue weighted by molar-refractivity contribution is 6.05. The number of amides is 1. The van der Waals surface area contributed by atoms with E-state index in [1.54, 1.807) is 42.5 Å². The Balaban J connectivity index is 2.17. The van der Waals surface area contributed by atoms with Crippen LogP contribution in [0.1, 0.15) is 40.1 Å². The summed E-state index contributed by atoms with van der Waals surface area (Å²) < 4.78 is 5.46. The van der Waals surface area contributed by atoms with E-state index in [0.29, 0.717) is 23.4 Å². The third-order valence-electron chi connectivity index (χ3n) is 3.26. The Morgan fingerprint density at radius 1 is 1.09 bits per heavy atom. The van der Waals surface area contributed by atoms with Crippen molar-refractivity contribution in [2.45, 2.75) is 20.8 Å². The molecule has 2 rings (SSSR count). The van der Waals surface area contributed by atoms with Gasteiger partial charge >= 0.3 is 0 Å². The average molecular weight is 297 g/mol. The molecule has 0 fully saturated rings. The van der Waals surface area contributed by atoms with E-state index in [9.17, 15) is 9.59 Å². The molecule has 0 aliphatic carbocycles. The van der Waals surface area contributed by atoms with Crippen molar-refractivity contribution >= 4 is 17.4 Å². The van der Waals surface area contributed by atoms with Crippen molar-refractivity contribution in [1.82, 2.24) is 0 Å². The lowest BCUT2D eigenvalue weighted by Crippen LogP contribution is -2.12. The molecule has 0 spiro atoms. The fourth-order valence-electron chi connectivity index (χ4n) is 2.13. The van der Waals surface area contributed by atoms with Crippen LogP contribution >= 0.6 is 0 Å². The van der Waals surface area contributed by atoms with E-state index in [2.05, 4.69) is 5.32 Å². The van der Waals surface area contributed by atoms with Crippen LogP contribution in [0.25, 0.3) is 0 Å². The molecule has 0 aliphatic rings. The van der Waals surface area contributed by atoms with Crippen LogP contribution in [0.4, 0.5) is 5.69 Å². The predicted octanol–water partition coefficient (Wildman–Crippen LogP) is 3.85. The summed E-state index contributed by atoms with van der Waals surface area (Å²) >= 11 is 0. The van der Waals surface area contributed by atoms with Gasteiger partial charge in [0.25, 0.3) is 5.91 Å². The third kappa shape index (κ3) is 3.73. The standard InChI is InChI=1S/C18H19NO3/c1-4-22-17-9-8-15(10-12(17)2)18(21)19-16-7-5-6-14(11-16)13(3)20/h5-11H,4H2,1-3H3,(H,19,21). The number of Topliss-reactive ketones (excluding diaryl/α,β-unsaturated/α-hetero) is 1. The van der Waals surface area contributed by atoms with Crippen LogP contribution < -0.4 is 10.1 Å². The van der Waals surface area contributed by atoms with Crippen LogP contribution in [-0.2, 0) is 0 Å². The monoisotopic (exact) mass is 297 g/mol. The molecule has 4 nitrogen and oxygen atoms in total. The normalized spacial score (nSPS) is 10.1. The second-order valence-electron chi connectivity index (χ2n) is 5.00. The molecule has 0 saturated heterocycles. The maximum atomic E-state index is 12.3. The zero-order valence-corrected chi connectivity index (χ0v) is 13.0. The van der Waals surface area contributed by atoms with E-state index in [1.807, 2.05) is 13.8 Å². The molecule has 1 N–H and O–H groups in total. The van der Waals surface area contributed by atoms with E-state index in [-0.39, 0.29) is 11.7 Å². The Morgan fingerprint density at radius 3 is 2.50 bits per heavy atom. The number of carbonyl (C=O) groups is 2. The third-order valence-corrected chi connectivity index (χ3v) is 3.26. The summed E-state index contributed by atoms with van der Waals surface area (Å²) in [6, 6.07) is 12.2. The van der Waals surface area contributed by atoms with Crippen LogP contribution in [0.5, 0.6) is 5.75 Å². The summed E-state index contributed by atoms with van der Waals surface area (Å²) in [7, 11) is 0. The van der Waals surface area contributed by atoms with Crippen LogP contribution in [0.15, 0.2) is 42.5 Å². The quantitative estimate of drug-likeness (QED) is 0.853. The average Bonchev–Trinajstić information content (AvgIpc) is 2.49. The fraction of sp³-hybridized carbons (Fsp3) is 0.222. The van der Waals surface area contributed by atoms with Gasteiger partial charge < -0.3 is 10.1 Å². The van der Waals surface area contributed by atoms with Gasteiger partial charge in [-0.1, -0.05) is 12.1 Å². The molecule has 0 aromatic heterocycles. The number of ether oxygens (including phenoxy) is 1. The Kier molecular flexibility index (Phi) is 4.94. The number of hydrogen-bond donors (Lipinski definition) is 1. The number of carbonyl (C=O) groups excluding carboxylic acids is 2. The molecule has 114 valence electrons. The second kappa shape index (κ2) is 6.89. The highest BCUT2D eigenvalue weighted by atomic mass is 16.5. The first-order valence-corrected chi connectivity index (χ1v) is 7.17. The first kappa shape index (κ1) is 15.8. The summed E-state index contributed by atoms with van der Waals surface area (Å²) in [5, 5.41) is 2.80. The number of nitrogens with one attached hydrogen (secondary N) is 1. The highest BCUT2D eigenvalue weighted by Gasteiger charge is 2.09. The van der Waals surface area contributed by atoms with Gasteiger partial charge in [0.2, 0.25) is 0 Å². The van der Waals surface area contributed by atoms with Gasteiger partial charge in [0.05, 0.1) is 6.61 Å². The van der Waals surface area contributed by atoms with Crippen molar-refractivity contribution in [2.24, 2.45) is 0 Å². The lowest BCUT2D eigenvalue weighted by atomic mass is 10.1. The van der Waals surface area contributed by atoms with Crippen molar-refractivity contribution in [3.8, 4) is 5.75 Å². The van der Waals surface area contributed by atoms with Gasteiger partial charge in [-0.05, 0) is 56.7 Å². The van der Waals surface area contributed by atoms with Crippen molar-refractivity contribution in [1.29, 1.82) is 0 Å². The van der Waals surface area contributed by atoms with Gasteiger partial charge in [-0.2, -0.15) is 0 Å². The molecule has 0 unspecified atom stereocenters. The van der Waals surface area contributed by atoms with E-state index < -0.39 is 0 Å². The van der Waals surface area contributed by atoms with E-state index in [1.165, 1.54) is 6.92 Å². The summed E-state index contributed by atoms with van der Waals surface area (Å²) in [4.78, 5) is 23.7. The number of anilines is 1. The summed E-state index contributed by atoms with van der Waals surface area (Å²) in [6.07, 6.45) is 0. The van der Waals surface area contributed by atoms with Crippen LogP contribution in [0, 0.1) is 6.92 Å². The van der Waals surface area contributed by atoms with Crippen LogP contribution in [0.3, 0.4) is 0 Å². The Labute approximate surface area is 130 Å². The summed E-state index contributed by atoms with van der Waals surface area (Å²) in [5.74, 6) is 0.525. The predicted molar refractivity (Wildman–Crippen MR) is 86.7 cm³/mol. The topological polar surface area (TPSA) is 55.4 Å². The van der Waals surface area contributed by atoms with Gasteiger partial charge in [0.1, 0.15) is 5.75 Å². The molecule has 22 heavy (non-hydrogen) atoms. The van der Waals surface area contributed by atoms with Gasteiger partial charge in [-0.3, -0.25) is 9.59 Å². The van der Waals surface area contributed by atoms with Gasteiger partial charge in [0.15, 0.2) is 5.78 Å². The van der Waals surface area contributed by atoms with Crippen molar-refractivity contribution in [3.63, 3.8) is 0 Å². The molecule has 1 amide bonds. The number of rotatable bonds is 5. The van der Waals surface area contributed by atoms with E-state index in [4.69, 9.17) is 4.74 Å². The Bertz CT molecular complexity index is 707. The molecule has 0 radical (unpaired) electrons. The van der Waals surface area contributed by atoms with Gasteiger partial charge in [-0.25, -0.2) is 0 Å². The van der Waals surface area contributed by atoms with Crippen molar-refractivity contribution < 1.29 is 14.3 Å². The zero-order chi connectivity index (χ0) is 16.1. The molecule has 0 saturated carbocycles. The smallest absolute Gasteiger partial charge is 0.255 e.